The summed E-state index contributed by atoms with van der Waals surface area (Å²) < 4.78 is 13.8. The van der Waals surface area contributed by atoms with Crippen molar-refractivity contribution in [2.75, 3.05) is 19.6 Å². The predicted octanol–water partition coefficient (Wildman–Crippen LogP) is 4.29. The van der Waals surface area contributed by atoms with Gasteiger partial charge in [-0.05, 0) is 36.9 Å². The zero-order valence-corrected chi connectivity index (χ0v) is 14.7. The second-order valence-corrected chi connectivity index (χ2v) is 5.86. The number of rotatable bonds is 7. The van der Waals surface area contributed by atoms with Crippen LogP contribution in [0.2, 0.25) is 5.02 Å². The summed E-state index contributed by atoms with van der Waals surface area (Å²) in [6.07, 6.45) is 0. The quantitative estimate of drug-likeness (QED) is 0.809. The maximum Gasteiger partial charge on any atom is 0.254 e. The van der Waals surface area contributed by atoms with Gasteiger partial charge in [0.2, 0.25) is 0 Å². The number of nitrogens with one attached hydrogen (secondary N) is 1. The second-order valence-electron chi connectivity index (χ2n) is 5.45. The number of hydrogen-bond acceptors (Lipinski definition) is 2. The summed E-state index contributed by atoms with van der Waals surface area (Å²) in [6, 6.07) is 13.5. The first-order valence-corrected chi connectivity index (χ1v) is 8.47. The molecule has 1 atom stereocenters. The monoisotopic (exact) mass is 348 g/mol. The molecule has 0 fully saturated rings. The van der Waals surface area contributed by atoms with Gasteiger partial charge in [0.05, 0.1) is 11.6 Å². The van der Waals surface area contributed by atoms with Crippen LogP contribution in [0.25, 0.3) is 0 Å². The number of benzene rings is 2. The van der Waals surface area contributed by atoms with Gasteiger partial charge in [0.15, 0.2) is 0 Å². The Balaban J connectivity index is 2.19. The lowest BCUT2D eigenvalue weighted by Gasteiger charge is -2.31. The Kier molecular flexibility index (Phi) is 6.76. The van der Waals surface area contributed by atoms with Gasteiger partial charge >= 0.3 is 0 Å². The summed E-state index contributed by atoms with van der Waals surface area (Å²) in [5.74, 6) is -0.940. The number of likely N-dealkylation sites (N-methyl/N-ethyl adjacent to an activating group) is 1. The van der Waals surface area contributed by atoms with Crippen LogP contribution in [0, 0.1) is 5.82 Å². The van der Waals surface area contributed by atoms with Crippen LogP contribution in [-0.2, 0) is 0 Å². The molecule has 0 bridgehead atoms. The molecule has 1 N–H and O–H groups in total. The van der Waals surface area contributed by atoms with E-state index in [1.807, 2.05) is 24.3 Å². The van der Waals surface area contributed by atoms with Gasteiger partial charge in [0.25, 0.3) is 5.91 Å². The molecule has 3 nitrogen and oxygen atoms in total. The molecule has 0 heterocycles. The Morgan fingerprint density at radius 3 is 2.38 bits per heavy atom. The number of amides is 1. The van der Waals surface area contributed by atoms with E-state index in [2.05, 4.69) is 24.1 Å². The van der Waals surface area contributed by atoms with Gasteiger partial charge in [-0.2, -0.15) is 0 Å². The zero-order chi connectivity index (χ0) is 17.5. The molecule has 0 spiro atoms. The first-order chi connectivity index (χ1) is 11.6. The molecule has 1 unspecified atom stereocenters. The van der Waals surface area contributed by atoms with Crippen molar-refractivity contribution in [2.45, 2.75) is 19.9 Å². The van der Waals surface area contributed by atoms with Gasteiger partial charge in [-0.15, -0.1) is 0 Å². The molecule has 1 amide bonds. The first-order valence-electron chi connectivity index (χ1n) is 8.09. The minimum atomic E-state index is -0.521. The van der Waals surface area contributed by atoms with Crippen LogP contribution >= 0.6 is 11.6 Å². The van der Waals surface area contributed by atoms with Crippen LogP contribution in [0.5, 0.6) is 0 Å². The van der Waals surface area contributed by atoms with Gasteiger partial charge in [-0.1, -0.05) is 55.8 Å². The van der Waals surface area contributed by atoms with E-state index >= 15 is 0 Å². The summed E-state index contributed by atoms with van der Waals surface area (Å²) in [5, 5.41) is 3.50. The van der Waals surface area contributed by atoms with Crippen LogP contribution in [-0.4, -0.2) is 30.4 Å². The van der Waals surface area contributed by atoms with Crippen LogP contribution in [0.1, 0.15) is 35.8 Å². The van der Waals surface area contributed by atoms with E-state index < -0.39 is 11.7 Å². The molecule has 0 aromatic heterocycles. The molecule has 0 aliphatic rings. The second kappa shape index (κ2) is 8.81. The Hall–Kier alpha value is -1.91. The molecule has 0 saturated heterocycles. The molecule has 0 radical (unpaired) electrons. The minimum Gasteiger partial charge on any atom is -0.350 e. The topological polar surface area (TPSA) is 32.3 Å². The molecule has 0 aliphatic heterocycles. The fourth-order valence-corrected chi connectivity index (χ4v) is 3.04. The standard InChI is InChI=1S/C19H22ClFN2O/c1-3-23(4-2)18(14-9-5-7-11-16(14)20)13-22-19(24)15-10-6-8-12-17(15)21/h5-12,18H,3-4,13H2,1-2H3,(H,22,24). The van der Waals surface area contributed by atoms with Crippen molar-refractivity contribution in [3.05, 3.63) is 70.5 Å². The highest BCUT2D eigenvalue weighted by molar-refractivity contribution is 6.31. The van der Waals surface area contributed by atoms with Gasteiger partial charge in [-0.3, -0.25) is 9.69 Å². The van der Waals surface area contributed by atoms with Crippen molar-refractivity contribution in [3.63, 3.8) is 0 Å². The van der Waals surface area contributed by atoms with Gasteiger partial charge < -0.3 is 5.32 Å². The van der Waals surface area contributed by atoms with Crippen molar-refractivity contribution in [1.82, 2.24) is 10.2 Å². The normalized spacial score (nSPS) is 12.2. The van der Waals surface area contributed by atoms with Crippen molar-refractivity contribution >= 4 is 17.5 Å². The van der Waals surface area contributed by atoms with Crippen LogP contribution < -0.4 is 5.32 Å². The van der Waals surface area contributed by atoms with Crippen molar-refractivity contribution in [2.24, 2.45) is 0 Å². The number of nitrogens with zero attached hydrogens (tertiary/aromatic N) is 1. The van der Waals surface area contributed by atoms with E-state index in [-0.39, 0.29) is 11.6 Å². The first kappa shape index (κ1) is 18.4. The third kappa shape index (κ3) is 4.34. The van der Waals surface area contributed by atoms with Crippen LogP contribution in [0.15, 0.2) is 48.5 Å². The van der Waals surface area contributed by atoms with Gasteiger partial charge in [0.1, 0.15) is 5.82 Å². The SMILES string of the molecule is CCN(CC)C(CNC(=O)c1ccccc1F)c1ccccc1Cl. The molecule has 5 heteroatoms. The smallest absolute Gasteiger partial charge is 0.254 e. The largest absolute Gasteiger partial charge is 0.350 e. The maximum atomic E-state index is 13.8. The fraction of sp³-hybridized carbons (Fsp3) is 0.316. The van der Waals surface area contributed by atoms with E-state index in [0.29, 0.717) is 11.6 Å². The van der Waals surface area contributed by atoms with Crippen molar-refractivity contribution in [1.29, 1.82) is 0 Å². The Bertz CT molecular complexity index is 689. The van der Waals surface area contributed by atoms with Crippen molar-refractivity contribution in [3.8, 4) is 0 Å². The van der Waals surface area contributed by atoms with Crippen LogP contribution in [0.4, 0.5) is 4.39 Å². The van der Waals surface area contributed by atoms with E-state index in [9.17, 15) is 9.18 Å². The number of carbonyl (C=O) groups excluding carboxylic acids is 1. The number of carbonyl (C=O) groups is 1. The highest BCUT2D eigenvalue weighted by atomic mass is 35.5. The Labute approximate surface area is 147 Å². The predicted molar refractivity (Wildman–Crippen MR) is 95.8 cm³/mol. The highest BCUT2D eigenvalue weighted by Gasteiger charge is 2.21. The van der Waals surface area contributed by atoms with E-state index in [4.69, 9.17) is 11.6 Å². The fourth-order valence-electron chi connectivity index (χ4n) is 2.78. The average molecular weight is 349 g/mol. The molecule has 128 valence electrons. The Morgan fingerprint density at radius 2 is 1.75 bits per heavy atom. The molecular formula is C19H22ClFN2O. The highest BCUT2D eigenvalue weighted by Crippen LogP contribution is 2.27. The lowest BCUT2D eigenvalue weighted by molar-refractivity contribution is 0.0931. The molecule has 2 aromatic carbocycles. The summed E-state index contributed by atoms with van der Waals surface area (Å²) in [4.78, 5) is 14.5. The van der Waals surface area contributed by atoms with E-state index in [0.717, 1.165) is 18.7 Å². The summed E-state index contributed by atoms with van der Waals surface area (Å²) >= 11 is 6.34. The number of halogens is 2. The third-order valence-corrected chi connectivity index (χ3v) is 4.44. The molecule has 24 heavy (non-hydrogen) atoms. The molecular weight excluding hydrogens is 327 g/mol. The third-order valence-electron chi connectivity index (χ3n) is 4.09. The molecule has 2 rings (SSSR count). The molecule has 0 saturated carbocycles. The maximum absolute atomic E-state index is 13.8. The molecule has 2 aromatic rings. The van der Waals surface area contributed by atoms with Crippen LogP contribution in [0.3, 0.4) is 0 Å². The molecule has 0 aliphatic carbocycles. The summed E-state index contributed by atoms with van der Waals surface area (Å²) in [6.45, 7) is 6.13. The van der Waals surface area contributed by atoms with E-state index in [1.165, 1.54) is 12.1 Å². The van der Waals surface area contributed by atoms with Gasteiger partial charge in [-0.25, -0.2) is 4.39 Å². The lowest BCUT2D eigenvalue weighted by atomic mass is 10.0. The number of hydrogen-bond donors (Lipinski definition) is 1. The summed E-state index contributed by atoms with van der Waals surface area (Å²) in [7, 11) is 0. The minimum absolute atomic E-state index is 0.0509. The zero-order valence-electron chi connectivity index (χ0n) is 13.9. The van der Waals surface area contributed by atoms with Crippen molar-refractivity contribution < 1.29 is 9.18 Å². The lowest BCUT2D eigenvalue weighted by Crippen LogP contribution is -2.38. The summed E-state index contributed by atoms with van der Waals surface area (Å²) in [5.41, 5.74) is 1.01. The Morgan fingerprint density at radius 1 is 1.12 bits per heavy atom. The average Bonchev–Trinajstić information content (AvgIpc) is 2.59. The van der Waals surface area contributed by atoms with E-state index in [1.54, 1.807) is 12.1 Å². The van der Waals surface area contributed by atoms with Gasteiger partial charge in [0, 0.05) is 11.6 Å².